The van der Waals surface area contributed by atoms with Crippen LogP contribution in [0.25, 0.3) is 0 Å². The molecule has 162 valence electrons. The van der Waals surface area contributed by atoms with E-state index in [1.807, 2.05) is 36.4 Å². The highest BCUT2D eigenvalue weighted by molar-refractivity contribution is 9.10. The van der Waals surface area contributed by atoms with Gasteiger partial charge in [0.15, 0.2) is 0 Å². The standard InChI is InChI=1S/C22H22BrN3O4S/c23-17-6-7-19-16(13-17)14-30-22(27)26(19)18-8-11-25(12-9-18)31(28,29)20-5-1-3-15-4-2-10-24-21(15)20/h1-7,10,13,15,18,21H,8-9,11-12,14H2. The van der Waals surface area contributed by atoms with Crippen LogP contribution in [0.1, 0.15) is 18.4 Å². The molecule has 5 rings (SSSR count). The largest absolute Gasteiger partial charge is 0.444 e. The first-order chi connectivity index (χ1) is 14.9. The number of fused-ring (bicyclic) bond motifs is 2. The van der Waals surface area contributed by atoms with Crippen LogP contribution in [0.4, 0.5) is 10.5 Å². The van der Waals surface area contributed by atoms with Crippen LogP contribution < -0.4 is 4.90 Å². The quantitative estimate of drug-likeness (QED) is 0.628. The molecule has 1 amide bonds. The molecular weight excluding hydrogens is 482 g/mol. The van der Waals surface area contributed by atoms with E-state index in [2.05, 4.69) is 20.9 Å². The predicted octanol–water partition coefficient (Wildman–Crippen LogP) is 3.78. The summed E-state index contributed by atoms with van der Waals surface area (Å²) in [5.41, 5.74) is 1.78. The number of rotatable bonds is 3. The number of allylic oxidation sites excluding steroid dienone is 3. The van der Waals surface area contributed by atoms with Gasteiger partial charge in [-0.2, -0.15) is 4.31 Å². The summed E-state index contributed by atoms with van der Waals surface area (Å²) in [5.74, 6) is -0.0312. The number of sulfonamides is 1. The second kappa shape index (κ2) is 8.03. The molecule has 0 radical (unpaired) electrons. The summed E-state index contributed by atoms with van der Waals surface area (Å²) in [6, 6.07) is 5.26. The van der Waals surface area contributed by atoms with Gasteiger partial charge in [0.1, 0.15) is 6.61 Å². The molecule has 7 nitrogen and oxygen atoms in total. The number of amides is 1. The van der Waals surface area contributed by atoms with Gasteiger partial charge in [0.25, 0.3) is 0 Å². The minimum absolute atomic E-state index is 0.0312. The lowest BCUT2D eigenvalue weighted by atomic mass is 9.93. The van der Waals surface area contributed by atoms with Crippen molar-refractivity contribution < 1.29 is 17.9 Å². The molecule has 0 N–H and O–H groups in total. The molecule has 2 atom stereocenters. The van der Waals surface area contributed by atoms with E-state index in [4.69, 9.17) is 4.74 Å². The van der Waals surface area contributed by atoms with E-state index >= 15 is 0 Å². The fourth-order valence-electron chi connectivity index (χ4n) is 4.62. The van der Waals surface area contributed by atoms with Gasteiger partial charge in [-0.15, -0.1) is 0 Å². The number of benzene rings is 1. The van der Waals surface area contributed by atoms with Gasteiger partial charge in [-0.05, 0) is 43.2 Å². The highest BCUT2D eigenvalue weighted by Gasteiger charge is 2.40. The number of piperidine rings is 1. The van der Waals surface area contributed by atoms with Crippen molar-refractivity contribution in [3.05, 3.63) is 63.5 Å². The van der Waals surface area contributed by atoms with Crippen molar-refractivity contribution >= 4 is 43.9 Å². The third-order valence-electron chi connectivity index (χ3n) is 6.19. The Labute approximate surface area is 189 Å². The van der Waals surface area contributed by atoms with Crippen molar-refractivity contribution in [1.29, 1.82) is 0 Å². The van der Waals surface area contributed by atoms with E-state index < -0.39 is 16.1 Å². The van der Waals surface area contributed by atoms with Crippen molar-refractivity contribution in [3.63, 3.8) is 0 Å². The van der Waals surface area contributed by atoms with Gasteiger partial charge in [0.2, 0.25) is 10.0 Å². The Balaban J connectivity index is 1.34. The highest BCUT2D eigenvalue weighted by Crippen LogP contribution is 2.36. The third kappa shape index (κ3) is 3.68. The Kier molecular flexibility index (Phi) is 5.35. The Morgan fingerprint density at radius 3 is 2.71 bits per heavy atom. The number of anilines is 1. The van der Waals surface area contributed by atoms with E-state index in [1.165, 1.54) is 4.31 Å². The average molecular weight is 504 g/mol. The number of ether oxygens (including phenoxy) is 1. The second-order valence-corrected chi connectivity index (χ2v) is 10.8. The van der Waals surface area contributed by atoms with Gasteiger partial charge < -0.3 is 4.74 Å². The number of nitrogens with zero attached hydrogens (tertiary/aromatic N) is 3. The van der Waals surface area contributed by atoms with E-state index in [9.17, 15) is 13.2 Å². The molecule has 2 unspecified atom stereocenters. The fourth-order valence-corrected chi connectivity index (χ4v) is 6.79. The summed E-state index contributed by atoms with van der Waals surface area (Å²) in [5, 5.41) is 0. The van der Waals surface area contributed by atoms with E-state index in [0.717, 1.165) is 15.7 Å². The van der Waals surface area contributed by atoms with Crippen LogP contribution in [0.5, 0.6) is 0 Å². The number of halogens is 1. The molecular formula is C22H22BrN3O4S. The van der Waals surface area contributed by atoms with Crippen LogP contribution >= 0.6 is 15.9 Å². The van der Waals surface area contributed by atoms with Gasteiger partial charge in [0.05, 0.1) is 16.6 Å². The first kappa shape index (κ1) is 20.7. The molecule has 1 aromatic carbocycles. The molecule has 1 aromatic rings. The number of aliphatic imine (C=N–C) groups is 1. The number of carbonyl (C=O) groups is 1. The summed E-state index contributed by atoms with van der Waals surface area (Å²) < 4.78 is 34.6. The van der Waals surface area contributed by atoms with E-state index in [1.54, 1.807) is 23.3 Å². The van der Waals surface area contributed by atoms with Gasteiger partial charge in [-0.3, -0.25) is 9.89 Å². The minimum atomic E-state index is -3.63. The number of carbonyl (C=O) groups excluding carboxylic acids is 1. The first-order valence-corrected chi connectivity index (χ1v) is 12.5. The molecule has 0 spiro atoms. The molecule has 3 heterocycles. The zero-order chi connectivity index (χ0) is 21.6. The zero-order valence-corrected chi connectivity index (χ0v) is 19.1. The SMILES string of the molecule is O=C1OCc2cc(Br)ccc2N1C1CCN(S(=O)(=O)C2=CC=CC3C=CC=NC23)CC1. The van der Waals surface area contributed by atoms with Gasteiger partial charge >= 0.3 is 6.09 Å². The molecule has 31 heavy (non-hydrogen) atoms. The first-order valence-electron chi connectivity index (χ1n) is 10.3. The fraction of sp³-hybridized carbons (Fsp3) is 0.364. The Morgan fingerprint density at radius 1 is 1.13 bits per heavy atom. The lowest BCUT2D eigenvalue weighted by molar-refractivity contribution is 0.136. The smallest absolute Gasteiger partial charge is 0.414 e. The topological polar surface area (TPSA) is 79.3 Å². The monoisotopic (exact) mass is 503 g/mol. The van der Waals surface area contributed by atoms with Crippen LogP contribution in [0.2, 0.25) is 0 Å². The molecule has 9 heteroatoms. The minimum Gasteiger partial charge on any atom is -0.444 e. The van der Waals surface area contributed by atoms with Crippen LogP contribution in [-0.4, -0.2) is 50.2 Å². The molecule has 1 aliphatic carbocycles. The Hall–Kier alpha value is -2.23. The highest BCUT2D eigenvalue weighted by atomic mass is 79.9. The van der Waals surface area contributed by atoms with Crippen molar-refractivity contribution in [1.82, 2.24) is 4.31 Å². The summed E-state index contributed by atoms with van der Waals surface area (Å²) >= 11 is 3.46. The second-order valence-electron chi connectivity index (χ2n) is 7.99. The summed E-state index contributed by atoms with van der Waals surface area (Å²) in [7, 11) is -3.63. The molecule has 1 saturated heterocycles. The zero-order valence-electron chi connectivity index (χ0n) is 16.7. The lowest BCUT2D eigenvalue weighted by Crippen LogP contribution is -2.51. The molecule has 3 aliphatic heterocycles. The van der Waals surface area contributed by atoms with Crippen molar-refractivity contribution in [2.75, 3.05) is 18.0 Å². The number of hydrogen-bond donors (Lipinski definition) is 0. The Morgan fingerprint density at radius 2 is 1.90 bits per heavy atom. The lowest BCUT2D eigenvalue weighted by Gasteiger charge is -2.40. The van der Waals surface area contributed by atoms with Crippen LogP contribution in [0.15, 0.2) is 62.9 Å². The third-order valence-corrected chi connectivity index (χ3v) is 8.70. The normalized spacial score (nSPS) is 26.3. The van der Waals surface area contributed by atoms with Crippen molar-refractivity contribution in [3.8, 4) is 0 Å². The maximum atomic E-state index is 13.4. The van der Waals surface area contributed by atoms with Crippen LogP contribution in [-0.2, 0) is 21.4 Å². The molecule has 0 bridgehead atoms. The van der Waals surface area contributed by atoms with E-state index in [0.29, 0.717) is 30.8 Å². The predicted molar refractivity (Wildman–Crippen MR) is 122 cm³/mol. The van der Waals surface area contributed by atoms with E-state index in [-0.39, 0.29) is 24.7 Å². The average Bonchev–Trinajstić information content (AvgIpc) is 2.79. The maximum absolute atomic E-state index is 13.4. The Bertz CT molecular complexity index is 1130. The molecule has 4 aliphatic rings. The van der Waals surface area contributed by atoms with Crippen molar-refractivity contribution in [2.24, 2.45) is 10.9 Å². The van der Waals surface area contributed by atoms with Gasteiger partial charge in [0, 0.05) is 41.3 Å². The van der Waals surface area contributed by atoms with Crippen LogP contribution in [0, 0.1) is 5.92 Å². The molecule has 1 fully saturated rings. The van der Waals surface area contributed by atoms with Crippen LogP contribution in [0.3, 0.4) is 0 Å². The number of cyclic esters (lactones) is 1. The number of hydrogen-bond acceptors (Lipinski definition) is 5. The van der Waals surface area contributed by atoms with Crippen molar-refractivity contribution in [2.45, 2.75) is 31.5 Å². The summed E-state index contributed by atoms with van der Waals surface area (Å²) in [6.07, 6.45) is 11.6. The summed E-state index contributed by atoms with van der Waals surface area (Å²) in [6.45, 7) is 0.942. The summed E-state index contributed by atoms with van der Waals surface area (Å²) in [4.78, 5) is 19.0. The van der Waals surface area contributed by atoms with Gasteiger partial charge in [-0.25, -0.2) is 13.2 Å². The maximum Gasteiger partial charge on any atom is 0.414 e. The van der Waals surface area contributed by atoms with Gasteiger partial charge in [-0.1, -0.05) is 34.2 Å². The number of dihydropyridines is 1. The molecule has 0 saturated carbocycles. The molecule has 0 aromatic heterocycles.